The predicted octanol–water partition coefficient (Wildman–Crippen LogP) is 2.70. The molecule has 21 heavy (non-hydrogen) atoms. The summed E-state index contributed by atoms with van der Waals surface area (Å²) in [5.74, 6) is -0.551. The van der Waals surface area contributed by atoms with Crippen LogP contribution in [0.5, 0.6) is 5.75 Å². The maximum absolute atomic E-state index is 12.3. The molecule has 0 heterocycles. The summed E-state index contributed by atoms with van der Waals surface area (Å²) in [6.07, 6.45) is 0. The van der Waals surface area contributed by atoms with E-state index in [4.69, 9.17) is 22.1 Å². The molecule has 0 bridgehead atoms. The Kier molecular flexibility index (Phi) is 4.45. The molecule has 2 amide bonds. The summed E-state index contributed by atoms with van der Waals surface area (Å²) >= 11 is 5.89. The summed E-state index contributed by atoms with van der Waals surface area (Å²) in [5, 5.41) is 3.09. The van der Waals surface area contributed by atoms with Crippen molar-refractivity contribution in [3.63, 3.8) is 0 Å². The molecule has 3 N–H and O–H groups in total. The van der Waals surface area contributed by atoms with Gasteiger partial charge in [-0.05, 0) is 36.4 Å². The van der Waals surface area contributed by atoms with Gasteiger partial charge in [0.15, 0.2) is 0 Å². The van der Waals surface area contributed by atoms with Crippen LogP contribution >= 0.6 is 11.6 Å². The molecule has 0 aliphatic carbocycles. The molecule has 0 aliphatic rings. The zero-order valence-electron chi connectivity index (χ0n) is 11.2. The second kappa shape index (κ2) is 6.28. The van der Waals surface area contributed by atoms with Crippen LogP contribution < -0.4 is 15.8 Å². The average molecular weight is 305 g/mol. The van der Waals surface area contributed by atoms with Gasteiger partial charge in [-0.2, -0.15) is 0 Å². The third-order valence-corrected chi connectivity index (χ3v) is 3.05. The molecule has 0 spiro atoms. The van der Waals surface area contributed by atoms with Crippen molar-refractivity contribution in [2.45, 2.75) is 0 Å². The summed E-state index contributed by atoms with van der Waals surface area (Å²) in [5.41, 5.74) is 6.27. The largest absolute Gasteiger partial charge is 0.496 e. The van der Waals surface area contributed by atoms with E-state index in [0.29, 0.717) is 27.6 Å². The Bertz CT molecular complexity index is 701. The molecule has 6 heteroatoms. The van der Waals surface area contributed by atoms with Crippen LogP contribution in [0.2, 0.25) is 5.02 Å². The van der Waals surface area contributed by atoms with E-state index in [2.05, 4.69) is 5.32 Å². The first kappa shape index (κ1) is 14.9. The molecular weight excluding hydrogens is 292 g/mol. The lowest BCUT2D eigenvalue weighted by molar-refractivity contribution is 0.0995. The van der Waals surface area contributed by atoms with E-state index >= 15 is 0 Å². The first-order valence-corrected chi connectivity index (χ1v) is 6.44. The highest BCUT2D eigenvalue weighted by molar-refractivity contribution is 6.31. The Labute approximate surface area is 126 Å². The number of rotatable bonds is 4. The van der Waals surface area contributed by atoms with Gasteiger partial charge in [0.2, 0.25) is 5.91 Å². The number of amides is 2. The third kappa shape index (κ3) is 3.52. The second-order valence-electron chi connectivity index (χ2n) is 4.24. The van der Waals surface area contributed by atoms with Gasteiger partial charge in [-0.15, -0.1) is 0 Å². The summed E-state index contributed by atoms with van der Waals surface area (Å²) in [6, 6.07) is 11.1. The summed E-state index contributed by atoms with van der Waals surface area (Å²) in [6.45, 7) is 0. The number of primary amides is 1. The monoisotopic (exact) mass is 304 g/mol. The van der Waals surface area contributed by atoms with E-state index in [0.717, 1.165) is 0 Å². The molecule has 0 fully saturated rings. The van der Waals surface area contributed by atoms with Gasteiger partial charge in [0, 0.05) is 16.3 Å². The van der Waals surface area contributed by atoms with Crippen molar-refractivity contribution in [1.82, 2.24) is 0 Å². The van der Waals surface area contributed by atoms with E-state index in [1.54, 1.807) is 30.3 Å². The van der Waals surface area contributed by atoms with Crippen molar-refractivity contribution in [3.8, 4) is 5.75 Å². The van der Waals surface area contributed by atoms with Crippen molar-refractivity contribution < 1.29 is 14.3 Å². The molecule has 0 atom stereocenters. The molecule has 0 saturated carbocycles. The average Bonchev–Trinajstić information content (AvgIpc) is 2.47. The van der Waals surface area contributed by atoms with E-state index in [-0.39, 0.29) is 0 Å². The van der Waals surface area contributed by atoms with Crippen LogP contribution in [-0.2, 0) is 0 Å². The Morgan fingerprint density at radius 3 is 2.62 bits per heavy atom. The molecule has 0 aliphatic heterocycles. The maximum atomic E-state index is 12.3. The van der Waals surface area contributed by atoms with Gasteiger partial charge in [-0.3, -0.25) is 9.59 Å². The predicted molar refractivity (Wildman–Crippen MR) is 80.9 cm³/mol. The molecule has 2 aromatic carbocycles. The minimum absolute atomic E-state index is 0.300. The zero-order chi connectivity index (χ0) is 15.4. The first-order valence-electron chi connectivity index (χ1n) is 6.06. The number of hydrogen-bond acceptors (Lipinski definition) is 3. The number of anilines is 1. The Balaban J connectivity index is 2.28. The van der Waals surface area contributed by atoms with Crippen LogP contribution in [0, 0.1) is 0 Å². The number of halogens is 1. The Hall–Kier alpha value is -2.53. The highest BCUT2D eigenvalue weighted by atomic mass is 35.5. The van der Waals surface area contributed by atoms with E-state index < -0.39 is 11.8 Å². The minimum Gasteiger partial charge on any atom is -0.496 e. The molecule has 108 valence electrons. The Morgan fingerprint density at radius 2 is 1.95 bits per heavy atom. The van der Waals surface area contributed by atoms with Gasteiger partial charge >= 0.3 is 0 Å². The minimum atomic E-state index is -0.563. The fourth-order valence-corrected chi connectivity index (χ4v) is 1.98. The van der Waals surface area contributed by atoms with E-state index in [1.165, 1.54) is 19.2 Å². The first-order chi connectivity index (χ1) is 10.0. The summed E-state index contributed by atoms with van der Waals surface area (Å²) < 4.78 is 5.13. The zero-order valence-corrected chi connectivity index (χ0v) is 12.0. The third-order valence-electron chi connectivity index (χ3n) is 2.81. The second-order valence-corrected chi connectivity index (χ2v) is 4.68. The van der Waals surface area contributed by atoms with Crippen molar-refractivity contribution in [1.29, 1.82) is 0 Å². The lowest BCUT2D eigenvalue weighted by Gasteiger charge is -2.10. The highest BCUT2D eigenvalue weighted by Gasteiger charge is 2.13. The number of hydrogen-bond donors (Lipinski definition) is 2. The molecule has 0 unspecified atom stereocenters. The number of methoxy groups -OCH3 is 1. The smallest absolute Gasteiger partial charge is 0.259 e. The van der Waals surface area contributed by atoms with Crippen molar-refractivity contribution in [2.75, 3.05) is 12.4 Å². The van der Waals surface area contributed by atoms with Crippen LogP contribution in [0.3, 0.4) is 0 Å². The number of benzene rings is 2. The summed E-state index contributed by atoms with van der Waals surface area (Å²) in [4.78, 5) is 23.4. The van der Waals surface area contributed by atoms with Crippen molar-refractivity contribution in [3.05, 3.63) is 58.6 Å². The van der Waals surface area contributed by atoms with Gasteiger partial charge in [0.25, 0.3) is 5.91 Å². The van der Waals surface area contributed by atoms with Gasteiger partial charge < -0.3 is 15.8 Å². The number of nitrogens with one attached hydrogen (secondary N) is 1. The SMILES string of the molecule is COc1ccc(Cl)cc1C(=O)Nc1cccc(C(N)=O)c1. The van der Waals surface area contributed by atoms with E-state index in [9.17, 15) is 9.59 Å². The van der Waals surface area contributed by atoms with E-state index in [1.807, 2.05) is 0 Å². The van der Waals surface area contributed by atoms with Gasteiger partial charge in [-0.1, -0.05) is 17.7 Å². The molecule has 0 saturated heterocycles. The highest BCUT2D eigenvalue weighted by Crippen LogP contribution is 2.23. The topological polar surface area (TPSA) is 81.4 Å². The lowest BCUT2D eigenvalue weighted by atomic mass is 10.1. The molecule has 2 aromatic rings. The van der Waals surface area contributed by atoms with Crippen LogP contribution in [-0.4, -0.2) is 18.9 Å². The van der Waals surface area contributed by atoms with Crippen LogP contribution in [0.15, 0.2) is 42.5 Å². The fraction of sp³-hybridized carbons (Fsp3) is 0.0667. The molecule has 0 radical (unpaired) electrons. The lowest BCUT2D eigenvalue weighted by Crippen LogP contribution is -2.15. The maximum Gasteiger partial charge on any atom is 0.259 e. The van der Waals surface area contributed by atoms with Crippen molar-refractivity contribution >= 4 is 29.1 Å². The number of carbonyl (C=O) groups excluding carboxylic acids is 2. The number of nitrogens with two attached hydrogens (primary N) is 1. The normalized spacial score (nSPS) is 10.0. The molecular formula is C15H13ClN2O3. The Morgan fingerprint density at radius 1 is 1.19 bits per heavy atom. The standard InChI is InChI=1S/C15H13ClN2O3/c1-21-13-6-5-10(16)8-12(13)15(20)18-11-4-2-3-9(7-11)14(17)19/h2-8H,1H3,(H2,17,19)(H,18,20). The van der Waals surface area contributed by atoms with Crippen LogP contribution in [0.4, 0.5) is 5.69 Å². The van der Waals surface area contributed by atoms with Crippen LogP contribution in [0.1, 0.15) is 20.7 Å². The van der Waals surface area contributed by atoms with Gasteiger partial charge in [0.05, 0.1) is 12.7 Å². The summed E-state index contributed by atoms with van der Waals surface area (Å²) in [7, 11) is 1.47. The van der Waals surface area contributed by atoms with Gasteiger partial charge in [0.1, 0.15) is 5.75 Å². The van der Waals surface area contributed by atoms with Crippen molar-refractivity contribution in [2.24, 2.45) is 5.73 Å². The fourth-order valence-electron chi connectivity index (χ4n) is 1.81. The molecule has 2 rings (SSSR count). The quantitative estimate of drug-likeness (QED) is 0.911. The van der Waals surface area contributed by atoms with Gasteiger partial charge in [-0.25, -0.2) is 0 Å². The molecule has 5 nitrogen and oxygen atoms in total. The number of carbonyl (C=O) groups is 2. The number of ether oxygens (including phenoxy) is 1. The molecule has 0 aromatic heterocycles. The van der Waals surface area contributed by atoms with Crippen LogP contribution in [0.25, 0.3) is 0 Å².